The van der Waals surface area contributed by atoms with E-state index >= 15 is 0 Å². The third-order valence-electron chi connectivity index (χ3n) is 3.81. The molecule has 0 aliphatic carbocycles. The summed E-state index contributed by atoms with van der Waals surface area (Å²) in [5.41, 5.74) is 1.60. The molecule has 0 spiro atoms. The van der Waals surface area contributed by atoms with Crippen LogP contribution in [-0.4, -0.2) is 37.0 Å². The van der Waals surface area contributed by atoms with Crippen LogP contribution in [0.4, 0.5) is 5.69 Å². The summed E-state index contributed by atoms with van der Waals surface area (Å²) in [6.45, 7) is 3.12. The van der Waals surface area contributed by atoms with E-state index in [1.807, 2.05) is 74.5 Å². The Kier molecular flexibility index (Phi) is 7.55. The van der Waals surface area contributed by atoms with E-state index in [-0.39, 0.29) is 37.4 Å². The Morgan fingerprint density at radius 2 is 1.56 bits per heavy atom. The zero-order chi connectivity index (χ0) is 19.6. The molecular formula is C21H24N2O4. The van der Waals surface area contributed by atoms with Crippen molar-refractivity contribution in [3.8, 4) is 0 Å². The molecule has 27 heavy (non-hydrogen) atoms. The van der Waals surface area contributed by atoms with Gasteiger partial charge in [-0.05, 0) is 31.5 Å². The first-order valence-corrected chi connectivity index (χ1v) is 8.80. The Balaban J connectivity index is 1.78. The number of ether oxygens (including phenoxy) is 1. The van der Waals surface area contributed by atoms with Crippen LogP contribution in [0.3, 0.4) is 0 Å². The van der Waals surface area contributed by atoms with Crippen molar-refractivity contribution >= 4 is 23.5 Å². The molecule has 0 aromatic heterocycles. The van der Waals surface area contributed by atoms with E-state index in [2.05, 4.69) is 5.32 Å². The van der Waals surface area contributed by atoms with Gasteiger partial charge in [-0.1, -0.05) is 48.5 Å². The number of para-hydroxylation sites is 1. The van der Waals surface area contributed by atoms with E-state index in [1.54, 1.807) is 4.90 Å². The number of nitrogens with zero attached hydrogens (tertiary/aromatic N) is 1. The molecule has 6 heteroatoms. The Morgan fingerprint density at radius 1 is 0.963 bits per heavy atom. The van der Waals surface area contributed by atoms with Crippen LogP contribution in [0, 0.1) is 0 Å². The Labute approximate surface area is 159 Å². The predicted molar refractivity (Wildman–Crippen MR) is 103 cm³/mol. The minimum absolute atomic E-state index is 0.0795. The zero-order valence-electron chi connectivity index (χ0n) is 15.6. The van der Waals surface area contributed by atoms with Crippen LogP contribution < -0.4 is 10.2 Å². The van der Waals surface area contributed by atoms with Crippen LogP contribution in [0.5, 0.6) is 0 Å². The monoisotopic (exact) mass is 368 g/mol. The van der Waals surface area contributed by atoms with E-state index in [1.165, 1.54) is 0 Å². The lowest BCUT2D eigenvalue weighted by atomic mass is 10.1. The Hall–Kier alpha value is -3.15. The van der Waals surface area contributed by atoms with Crippen molar-refractivity contribution in [2.24, 2.45) is 0 Å². The molecule has 0 aliphatic rings. The summed E-state index contributed by atoms with van der Waals surface area (Å²) in [6, 6.07) is 18.3. The number of hydrogen-bond donors (Lipinski definition) is 1. The van der Waals surface area contributed by atoms with Gasteiger partial charge in [0, 0.05) is 11.7 Å². The number of esters is 1. The molecule has 0 saturated heterocycles. The maximum Gasteiger partial charge on any atom is 0.325 e. The quantitative estimate of drug-likeness (QED) is 0.726. The van der Waals surface area contributed by atoms with Crippen LogP contribution in [0.25, 0.3) is 0 Å². The number of carbonyl (C=O) groups excluding carboxylic acids is 3. The van der Waals surface area contributed by atoms with Gasteiger partial charge >= 0.3 is 5.97 Å². The molecule has 0 heterocycles. The number of benzene rings is 2. The molecule has 0 atom stereocenters. The van der Waals surface area contributed by atoms with E-state index in [0.29, 0.717) is 0 Å². The topological polar surface area (TPSA) is 75.7 Å². The van der Waals surface area contributed by atoms with Crippen molar-refractivity contribution in [2.45, 2.75) is 26.3 Å². The highest BCUT2D eigenvalue weighted by atomic mass is 16.5. The second-order valence-electron chi connectivity index (χ2n) is 6.29. The molecule has 142 valence electrons. The molecule has 0 bridgehead atoms. The maximum atomic E-state index is 12.4. The third-order valence-corrected chi connectivity index (χ3v) is 3.81. The van der Waals surface area contributed by atoms with Gasteiger partial charge in [0.05, 0.1) is 6.42 Å². The summed E-state index contributed by atoms with van der Waals surface area (Å²) in [4.78, 5) is 37.7. The summed E-state index contributed by atoms with van der Waals surface area (Å²) >= 11 is 0. The van der Waals surface area contributed by atoms with Gasteiger partial charge in [0.25, 0.3) is 5.91 Å². The highest BCUT2D eigenvalue weighted by Crippen LogP contribution is 2.16. The molecule has 0 aliphatic heterocycles. The lowest BCUT2D eigenvalue weighted by molar-refractivity contribution is -0.147. The predicted octanol–water partition coefficient (Wildman–Crippen LogP) is 2.33. The van der Waals surface area contributed by atoms with Crippen LogP contribution in [0.15, 0.2) is 60.7 Å². The average Bonchev–Trinajstić information content (AvgIpc) is 2.66. The largest absolute Gasteiger partial charge is 0.454 e. The Morgan fingerprint density at radius 3 is 2.15 bits per heavy atom. The highest BCUT2D eigenvalue weighted by molar-refractivity contribution is 5.95. The summed E-state index contributed by atoms with van der Waals surface area (Å²) in [5.74, 6) is -1.25. The molecule has 6 nitrogen and oxygen atoms in total. The molecule has 2 rings (SSSR count). The van der Waals surface area contributed by atoms with Crippen molar-refractivity contribution in [1.29, 1.82) is 0 Å². The van der Waals surface area contributed by atoms with Gasteiger partial charge in [-0.3, -0.25) is 14.4 Å². The number of amides is 2. The zero-order valence-corrected chi connectivity index (χ0v) is 15.6. The first kappa shape index (κ1) is 20.2. The molecule has 2 aromatic rings. The Bertz CT molecular complexity index is 760. The van der Waals surface area contributed by atoms with Crippen molar-refractivity contribution in [3.63, 3.8) is 0 Å². The highest BCUT2D eigenvalue weighted by Gasteiger charge is 2.20. The minimum atomic E-state index is -0.651. The molecule has 1 N–H and O–H groups in total. The fraction of sp³-hybridized carbons (Fsp3) is 0.286. The van der Waals surface area contributed by atoms with E-state index in [0.717, 1.165) is 11.3 Å². The lowest BCUT2D eigenvalue weighted by Gasteiger charge is -2.26. The third kappa shape index (κ3) is 6.58. The normalized spacial score (nSPS) is 10.3. The minimum Gasteiger partial charge on any atom is -0.454 e. The van der Waals surface area contributed by atoms with Crippen LogP contribution in [0.2, 0.25) is 0 Å². The first-order valence-electron chi connectivity index (χ1n) is 8.80. The van der Waals surface area contributed by atoms with Gasteiger partial charge < -0.3 is 15.0 Å². The second kappa shape index (κ2) is 10.1. The number of nitrogens with one attached hydrogen (secondary N) is 1. The van der Waals surface area contributed by atoms with Crippen molar-refractivity contribution in [2.75, 3.05) is 18.1 Å². The summed E-state index contributed by atoms with van der Waals surface area (Å²) in [6.07, 6.45) is 0.183. The van der Waals surface area contributed by atoms with Crippen molar-refractivity contribution in [1.82, 2.24) is 5.32 Å². The maximum absolute atomic E-state index is 12.4. The van der Waals surface area contributed by atoms with Crippen LogP contribution in [-0.2, 0) is 25.5 Å². The van der Waals surface area contributed by atoms with Gasteiger partial charge in [0.1, 0.15) is 6.54 Å². The molecule has 0 unspecified atom stereocenters. The summed E-state index contributed by atoms with van der Waals surface area (Å²) in [7, 11) is 0. The van der Waals surface area contributed by atoms with E-state index < -0.39 is 5.97 Å². The summed E-state index contributed by atoms with van der Waals surface area (Å²) in [5, 5.41) is 2.50. The fourth-order valence-electron chi connectivity index (χ4n) is 2.60. The van der Waals surface area contributed by atoms with Gasteiger partial charge in [-0.2, -0.15) is 0 Å². The lowest BCUT2D eigenvalue weighted by Crippen LogP contribution is -2.40. The van der Waals surface area contributed by atoms with Gasteiger partial charge in [0.15, 0.2) is 6.61 Å². The molecule has 0 radical (unpaired) electrons. The fourth-order valence-corrected chi connectivity index (χ4v) is 2.60. The molecule has 0 fully saturated rings. The molecular weight excluding hydrogens is 344 g/mol. The number of rotatable bonds is 8. The van der Waals surface area contributed by atoms with Gasteiger partial charge in [-0.25, -0.2) is 0 Å². The average molecular weight is 368 g/mol. The summed E-state index contributed by atoms with van der Waals surface area (Å²) < 4.78 is 5.01. The standard InChI is InChI=1S/C21H24N2O4/c1-16(2)23(18-11-7-4-8-12-18)20(25)15-27-21(26)14-22-19(24)13-17-9-5-3-6-10-17/h3-12,16H,13-15H2,1-2H3,(H,22,24). The van der Waals surface area contributed by atoms with Crippen LogP contribution in [0.1, 0.15) is 19.4 Å². The van der Waals surface area contributed by atoms with Crippen LogP contribution >= 0.6 is 0 Å². The SMILES string of the molecule is CC(C)N(C(=O)COC(=O)CNC(=O)Cc1ccccc1)c1ccccc1. The molecule has 0 saturated carbocycles. The number of carbonyl (C=O) groups is 3. The first-order chi connectivity index (χ1) is 13.0. The second-order valence-corrected chi connectivity index (χ2v) is 6.29. The van der Waals surface area contributed by atoms with Crippen molar-refractivity contribution < 1.29 is 19.1 Å². The van der Waals surface area contributed by atoms with E-state index in [4.69, 9.17) is 4.74 Å². The molecule has 2 aromatic carbocycles. The smallest absolute Gasteiger partial charge is 0.325 e. The number of anilines is 1. The van der Waals surface area contributed by atoms with E-state index in [9.17, 15) is 14.4 Å². The van der Waals surface area contributed by atoms with Gasteiger partial charge in [0.2, 0.25) is 5.91 Å². The van der Waals surface area contributed by atoms with Gasteiger partial charge in [-0.15, -0.1) is 0 Å². The number of hydrogen-bond acceptors (Lipinski definition) is 4. The molecule has 2 amide bonds. The van der Waals surface area contributed by atoms with Crippen molar-refractivity contribution in [3.05, 3.63) is 66.2 Å².